The Hall–Kier alpha value is -1.81. The SMILES string of the molecule is C=CCN(CC(=O)O)C(C)Cc1ccc(O)cc1. The highest BCUT2D eigenvalue weighted by atomic mass is 16.4. The number of aromatic hydroxyl groups is 1. The number of hydrogen-bond donors (Lipinski definition) is 2. The van der Waals surface area contributed by atoms with Crippen LogP contribution in [0.4, 0.5) is 0 Å². The van der Waals surface area contributed by atoms with Crippen molar-refractivity contribution in [1.82, 2.24) is 4.90 Å². The van der Waals surface area contributed by atoms with E-state index in [1.165, 1.54) is 0 Å². The summed E-state index contributed by atoms with van der Waals surface area (Å²) in [5.74, 6) is -0.603. The molecule has 0 aliphatic carbocycles. The molecule has 1 rings (SSSR count). The van der Waals surface area contributed by atoms with Crippen molar-refractivity contribution in [2.45, 2.75) is 19.4 Å². The van der Waals surface area contributed by atoms with Gasteiger partial charge >= 0.3 is 5.97 Å². The molecule has 2 N–H and O–H groups in total. The Morgan fingerprint density at radius 2 is 2.06 bits per heavy atom. The standard InChI is InChI=1S/C14H19NO3/c1-3-8-15(10-14(17)18)11(2)9-12-4-6-13(16)7-5-12/h3-7,11,16H,1,8-10H2,2H3,(H,17,18). The molecular weight excluding hydrogens is 230 g/mol. The maximum atomic E-state index is 10.8. The van der Waals surface area contributed by atoms with Crippen molar-refractivity contribution in [2.75, 3.05) is 13.1 Å². The Labute approximate surface area is 107 Å². The normalized spacial score (nSPS) is 12.3. The molecule has 1 aromatic rings. The number of carboxylic acid groups (broad SMARTS) is 1. The maximum absolute atomic E-state index is 10.8. The zero-order valence-corrected chi connectivity index (χ0v) is 10.5. The zero-order chi connectivity index (χ0) is 13.5. The summed E-state index contributed by atoms with van der Waals surface area (Å²) in [7, 11) is 0. The first-order chi connectivity index (χ1) is 8.52. The van der Waals surface area contributed by atoms with Crippen LogP contribution in [-0.2, 0) is 11.2 Å². The van der Waals surface area contributed by atoms with Crippen LogP contribution in [-0.4, -0.2) is 40.2 Å². The number of phenolic OH excluding ortho intramolecular Hbond substituents is 1. The van der Waals surface area contributed by atoms with E-state index in [9.17, 15) is 9.90 Å². The molecule has 4 heteroatoms. The van der Waals surface area contributed by atoms with E-state index in [1.54, 1.807) is 18.2 Å². The second-order valence-corrected chi connectivity index (χ2v) is 4.33. The van der Waals surface area contributed by atoms with Gasteiger partial charge in [-0.1, -0.05) is 18.2 Å². The molecule has 1 atom stereocenters. The van der Waals surface area contributed by atoms with Crippen molar-refractivity contribution in [3.05, 3.63) is 42.5 Å². The molecule has 0 amide bonds. The average Bonchev–Trinajstić information content (AvgIpc) is 2.31. The lowest BCUT2D eigenvalue weighted by molar-refractivity contribution is -0.138. The fourth-order valence-electron chi connectivity index (χ4n) is 1.84. The van der Waals surface area contributed by atoms with E-state index >= 15 is 0 Å². The number of phenols is 1. The summed E-state index contributed by atoms with van der Waals surface area (Å²) in [5.41, 5.74) is 1.07. The molecule has 0 aliphatic rings. The molecule has 0 saturated carbocycles. The van der Waals surface area contributed by atoms with Gasteiger partial charge in [0.25, 0.3) is 0 Å². The average molecular weight is 249 g/mol. The zero-order valence-electron chi connectivity index (χ0n) is 10.5. The molecule has 0 aliphatic heterocycles. The second kappa shape index (κ2) is 6.81. The second-order valence-electron chi connectivity index (χ2n) is 4.33. The van der Waals surface area contributed by atoms with Gasteiger partial charge in [0.15, 0.2) is 0 Å². The molecular formula is C14H19NO3. The maximum Gasteiger partial charge on any atom is 0.317 e. The van der Waals surface area contributed by atoms with Gasteiger partial charge in [-0.25, -0.2) is 0 Å². The molecule has 0 fully saturated rings. The molecule has 0 spiro atoms. The number of hydrogen-bond acceptors (Lipinski definition) is 3. The van der Waals surface area contributed by atoms with Crippen molar-refractivity contribution in [2.24, 2.45) is 0 Å². The van der Waals surface area contributed by atoms with Crippen LogP contribution in [0.5, 0.6) is 5.75 Å². The monoisotopic (exact) mass is 249 g/mol. The minimum atomic E-state index is -0.839. The smallest absolute Gasteiger partial charge is 0.317 e. The van der Waals surface area contributed by atoms with Gasteiger partial charge in [0, 0.05) is 12.6 Å². The lowest BCUT2D eigenvalue weighted by Gasteiger charge is -2.26. The van der Waals surface area contributed by atoms with Crippen LogP contribution in [0.1, 0.15) is 12.5 Å². The van der Waals surface area contributed by atoms with Crippen LogP contribution >= 0.6 is 0 Å². The largest absolute Gasteiger partial charge is 0.508 e. The van der Waals surface area contributed by atoms with E-state index in [0.717, 1.165) is 12.0 Å². The first-order valence-corrected chi connectivity index (χ1v) is 5.87. The summed E-state index contributed by atoms with van der Waals surface area (Å²) in [6.07, 6.45) is 2.44. The molecule has 1 aromatic carbocycles. The van der Waals surface area contributed by atoms with Crippen molar-refractivity contribution in [3.63, 3.8) is 0 Å². The van der Waals surface area contributed by atoms with E-state index in [-0.39, 0.29) is 18.3 Å². The van der Waals surface area contributed by atoms with Crippen LogP contribution in [0.2, 0.25) is 0 Å². The van der Waals surface area contributed by atoms with Crippen LogP contribution < -0.4 is 0 Å². The van der Waals surface area contributed by atoms with Gasteiger partial charge in [0.1, 0.15) is 5.75 Å². The molecule has 0 bridgehead atoms. The van der Waals surface area contributed by atoms with Crippen LogP contribution in [0, 0.1) is 0 Å². The lowest BCUT2D eigenvalue weighted by Crippen LogP contribution is -2.38. The van der Waals surface area contributed by atoms with E-state index < -0.39 is 5.97 Å². The summed E-state index contributed by atoms with van der Waals surface area (Å²) < 4.78 is 0. The topological polar surface area (TPSA) is 60.8 Å². The van der Waals surface area contributed by atoms with Crippen LogP contribution in [0.15, 0.2) is 36.9 Å². The molecule has 0 saturated heterocycles. The van der Waals surface area contributed by atoms with Gasteiger partial charge in [0.2, 0.25) is 0 Å². The highest BCUT2D eigenvalue weighted by Crippen LogP contribution is 2.13. The van der Waals surface area contributed by atoms with Gasteiger partial charge in [-0.2, -0.15) is 0 Å². The Bertz CT molecular complexity index is 400. The summed E-state index contributed by atoms with van der Waals surface area (Å²) in [6, 6.07) is 7.06. The van der Waals surface area contributed by atoms with Crippen molar-refractivity contribution in [3.8, 4) is 5.75 Å². The number of aliphatic carboxylic acids is 1. The summed E-state index contributed by atoms with van der Waals surface area (Å²) >= 11 is 0. The van der Waals surface area contributed by atoms with E-state index in [1.807, 2.05) is 24.0 Å². The third-order valence-corrected chi connectivity index (χ3v) is 2.79. The predicted molar refractivity (Wildman–Crippen MR) is 70.7 cm³/mol. The van der Waals surface area contributed by atoms with E-state index in [0.29, 0.717) is 6.54 Å². The third kappa shape index (κ3) is 4.59. The van der Waals surface area contributed by atoms with Crippen LogP contribution in [0.3, 0.4) is 0 Å². The van der Waals surface area contributed by atoms with Crippen LogP contribution in [0.25, 0.3) is 0 Å². The fraction of sp³-hybridized carbons (Fsp3) is 0.357. The van der Waals surface area contributed by atoms with Gasteiger partial charge in [-0.3, -0.25) is 9.69 Å². The summed E-state index contributed by atoms with van der Waals surface area (Å²) in [6.45, 7) is 6.18. The summed E-state index contributed by atoms with van der Waals surface area (Å²) in [4.78, 5) is 12.6. The van der Waals surface area contributed by atoms with Gasteiger partial charge in [-0.15, -0.1) is 6.58 Å². The third-order valence-electron chi connectivity index (χ3n) is 2.79. The number of carbonyl (C=O) groups is 1. The number of carboxylic acids is 1. The first-order valence-electron chi connectivity index (χ1n) is 5.87. The predicted octanol–water partition coefficient (Wildman–Crippen LogP) is 1.90. The highest BCUT2D eigenvalue weighted by molar-refractivity contribution is 5.69. The quantitative estimate of drug-likeness (QED) is 0.724. The molecule has 0 radical (unpaired) electrons. The fourth-order valence-corrected chi connectivity index (χ4v) is 1.84. The Morgan fingerprint density at radius 1 is 1.44 bits per heavy atom. The minimum Gasteiger partial charge on any atom is -0.508 e. The molecule has 0 aromatic heterocycles. The van der Waals surface area contributed by atoms with Gasteiger partial charge < -0.3 is 10.2 Å². The summed E-state index contributed by atoms with van der Waals surface area (Å²) in [5, 5.41) is 18.1. The van der Waals surface area contributed by atoms with Gasteiger partial charge in [-0.05, 0) is 31.0 Å². The number of rotatable bonds is 7. The van der Waals surface area contributed by atoms with Crippen molar-refractivity contribution in [1.29, 1.82) is 0 Å². The lowest BCUT2D eigenvalue weighted by atomic mass is 10.1. The Balaban J connectivity index is 2.65. The van der Waals surface area contributed by atoms with E-state index in [4.69, 9.17) is 5.11 Å². The Kier molecular flexibility index (Phi) is 5.39. The molecule has 0 heterocycles. The van der Waals surface area contributed by atoms with Crippen molar-refractivity contribution < 1.29 is 15.0 Å². The van der Waals surface area contributed by atoms with Crippen molar-refractivity contribution >= 4 is 5.97 Å². The Morgan fingerprint density at radius 3 is 2.56 bits per heavy atom. The highest BCUT2D eigenvalue weighted by Gasteiger charge is 2.15. The molecule has 98 valence electrons. The first kappa shape index (κ1) is 14.3. The minimum absolute atomic E-state index is 0.00523. The van der Waals surface area contributed by atoms with E-state index in [2.05, 4.69) is 6.58 Å². The molecule has 18 heavy (non-hydrogen) atoms. The molecule has 1 unspecified atom stereocenters. The number of nitrogens with zero attached hydrogens (tertiary/aromatic N) is 1. The van der Waals surface area contributed by atoms with Gasteiger partial charge in [0.05, 0.1) is 6.54 Å². The molecule has 4 nitrogen and oxygen atoms in total. The number of benzene rings is 1.